The number of alkyl halides is 3. The Morgan fingerprint density at radius 3 is 2.57 bits per heavy atom. The molecule has 1 amide bonds. The molecule has 3 heterocycles. The van der Waals surface area contributed by atoms with Crippen molar-refractivity contribution >= 4 is 35.9 Å². The lowest BCUT2D eigenvalue weighted by Crippen LogP contribution is -2.49. The van der Waals surface area contributed by atoms with Crippen molar-refractivity contribution in [3.8, 4) is 0 Å². The van der Waals surface area contributed by atoms with E-state index in [-0.39, 0.29) is 11.4 Å². The van der Waals surface area contributed by atoms with Crippen molar-refractivity contribution in [2.24, 2.45) is 20.9 Å². The summed E-state index contributed by atoms with van der Waals surface area (Å²) in [4.78, 5) is 37.6. The Morgan fingerprint density at radius 2 is 1.89 bits per heavy atom. The molecule has 1 aromatic carbocycles. The fourth-order valence-corrected chi connectivity index (χ4v) is 4.73. The van der Waals surface area contributed by atoms with Crippen molar-refractivity contribution in [1.29, 1.82) is 0 Å². The zero-order valence-corrected chi connectivity index (χ0v) is 25.8. The molecule has 236 valence electrons. The highest BCUT2D eigenvalue weighted by Crippen LogP contribution is 2.29. The summed E-state index contributed by atoms with van der Waals surface area (Å²) in [5, 5.41) is 5.87. The maximum atomic E-state index is 13.8. The molecule has 10 nitrogen and oxygen atoms in total. The maximum absolute atomic E-state index is 13.8. The van der Waals surface area contributed by atoms with Gasteiger partial charge in [0.1, 0.15) is 5.82 Å². The Hall–Kier alpha value is -4.26. The normalized spacial score (nSPS) is 17.2. The highest BCUT2D eigenvalue weighted by Gasteiger charge is 2.32. The number of halogens is 3. The number of nitrogens with one attached hydrogen (secondary N) is 2. The molecule has 0 atom stereocenters. The minimum absolute atomic E-state index is 0.109. The number of aliphatic imine (C=N–C) groups is 3. The average Bonchev–Trinajstić information content (AvgIpc) is 3.00. The van der Waals surface area contributed by atoms with Gasteiger partial charge in [0.15, 0.2) is 12.5 Å². The largest absolute Gasteiger partial charge is 0.369 e. The van der Waals surface area contributed by atoms with Gasteiger partial charge in [0, 0.05) is 82.5 Å². The van der Waals surface area contributed by atoms with Crippen LogP contribution in [0.3, 0.4) is 0 Å². The zero-order valence-electron chi connectivity index (χ0n) is 25.8. The number of hydrogen-bond acceptors (Lipinski definition) is 8. The van der Waals surface area contributed by atoms with E-state index in [2.05, 4.69) is 49.2 Å². The number of carbonyl (C=O) groups excluding carboxylic acids is 1. The van der Waals surface area contributed by atoms with E-state index >= 15 is 0 Å². The summed E-state index contributed by atoms with van der Waals surface area (Å²) in [5.74, 6) is -2.58. The van der Waals surface area contributed by atoms with E-state index in [1.165, 1.54) is 0 Å². The summed E-state index contributed by atoms with van der Waals surface area (Å²) in [6, 6.07) is 7.01. The SMILES string of the molecule is Cc1ccc(C(=O)Nc2cc(C(F)(F)CF)ccn2)cc1N/C(N=CN(C)C)=C1/CC=NC(N2CCN(CC(C)C)CC2)=N1. The van der Waals surface area contributed by atoms with Crippen LogP contribution in [0.25, 0.3) is 0 Å². The molecule has 0 aliphatic carbocycles. The smallest absolute Gasteiger partial charge is 0.301 e. The Labute approximate surface area is 256 Å². The number of aryl methyl sites for hydroxylation is 1. The summed E-state index contributed by atoms with van der Waals surface area (Å²) in [5.41, 5.74) is 1.85. The van der Waals surface area contributed by atoms with Gasteiger partial charge in [-0.15, -0.1) is 0 Å². The molecule has 2 aliphatic heterocycles. The van der Waals surface area contributed by atoms with E-state index in [0.29, 0.717) is 35.5 Å². The number of pyridine rings is 1. The third-order valence-corrected chi connectivity index (χ3v) is 7.04. The Morgan fingerprint density at radius 1 is 1.14 bits per heavy atom. The molecule has 1 saturated heterocycles. The van der Waals surface area contributed by atoms with Crippen LogP contribution in [0.5, 0.6) is 0 Å². The maximum Gasteiger partial charge on any atom is 0.301 e. The van der Waals surface area contributed by atoms with Gasteiger partial charge in [0.2, 0.25) is 5.96 Å². The predicted molar refractivity (Wildman–Crippen MR) is 169 cm³/mol. The molecule has 0 spiro atoms. The van der Waals surface area contributed by atoms with Crippen LogP contribution in [-0.2, 0) is 5.92 Å². The van der Waals surface area contributed by atoms with Crippen LogP contribution in [0.4, 0.5) is 24.7 Å². The number of carbonyl (C=O) groups is 1. The van der Waals surface area contributed by atoms with Crippen molar-refractivity contribution in [3.05, 3.63) is 64.7 Å². The monoisotopic (exact) mass is 611 g/mol. The number of piperazine rings is 1. The first kappa shape index (κ1) is 32.6. The number of hydrogen-bond donors (Lipinski definition) is 2. The molecular weight excluding hydrogens is 571 g/mol. The van der Waals surface area contributed by atoms with Crippen LogP contribution in [0, 0.1) is 12.8 Å². The fraction of sp³-hybridized carbons (Fsp3) is 0.452. The minimum Gasteiger partial charge on any atom is -0.369 e. The van der Waals surface area contributed by atoms with E-state index in [4.69, 9.17) is 4.99 Å². The van der Waals surface area contributed by atoms with Crippen molar-refractivity contribution < 1.29 is 18.0 Å². The molecule has 0 bridgehead atoms. The predicted octanol–water partition coefficient (Wildman–Crippen LogP) is 4.98. The lowest BCUT2D eigenvalue weighted by molar-refractivity contribution is -0.0281. The molecule has 4 rings (SSSR count). The Bertz CT molecular complexity index is 1440. The number of allylic oxidation sites excluding steroid dienone is 1. The summed E-state index contributed by atoms with van der Waals surface area (Å²) in [6.45, 7) is 9.11. The number of rotatable bonds is 10. The van der Waals surface area contributed by atoms with Gasteiger partial charge in [-0.05, 0) is 42.7 Å². The first-order valence-electron chi connectivity index (χ1n) is 14.6. The number of nitrogens with zero attached hydrogens (tertiary/aromatic N) is 7. The molecule has 0 radical (unpaired) electrons. The first-order valence-corrected chi connectivity index (χ1v) is 14.6. The molecule has 1 aromatic heterocycles. The summed E-state index contributed by atoms with van der Waals surface area (Å²) in [6.07, 6.45) is 5.06. The highest BCUT2D eigenvalue weighted by molar-refractivity contribution is 6.04. The van der Waals surface area contributed by atoms with Crippen molar-refractivity contribution in [3.63, 3.8) is 0 Å². The molecule has 0 saturated carbocycles. The third kappa shape index (κ3) is 8.65. The first-order chi connectivity index (χ1) is 20.9. The van der Waals surface area contributed by atoms with Crippen LogP contribution in [0.2, 0.25) is 0 Å². The topological polar surface area (TPSA) is 101 Å². The fourth-order valence-electron chi connectivity index (χ4n) is 4.73. The minimum atomic E-state index is -3.67. The van der Waals surface area contributed by atoms with Gasteiger partial charge < -0.3 is 20.4 Å². The van der Waals surface area contributed by atoms with Crippen molar-refractivity contribution in [2.75, 3.05) is 64.1 Å². The van der Waals surface area contributed by atoms with Gasteiger partial charge in [-0.2, -0.15) is 8.78 Å². The molecule has 13 heteroatoms. The van der Waals surface area contributed by atoms with Gasteiger partial charge >= 0.3 is 5.92 Å². The van der Waals surface area contributed by atoms with Crippen LogP contribution >= 0.6 is 0 Å². The number of guanidine groups is 1. The van der Waals surface area contributed by atoms with Crippen LogP contribution in [0.15, 0.2) is 63.0 Å². The van der Waals surface area contributed by atoms with Crippen LogP contribution < -0.4 is 10.6 Å². The Balaban J connectivity index is 1.56. The lowest BCUT2D eigenvalue weighted by atomic mass is 10.1. The highest BCUT2D eigenvalue weighted by atomic mass is 19.3. The van der Waals surface area contributed by atoms with Crippen LogP contribution in [-0.4, -0.2) is 97.6 Å². The second kappa shape index (κ2) is 14.5. The Kier molecular flexibility index (Phi) is 10.7. The molecule has 2 N–H and O–H groups in total. The van der Waals surface area contributed by atoms with Gasteiger partial charge in [-0.1, -0.05) is 19.9 Å². The summed E-state index contributed by atoms with van der Waals surface area (Å²) < 4.78 is 40.5. The van der Waals surface area contributed by atoms with E-state index in [1.54, 1.807) is 24.5 Å². The number of amides is 1. The summed E-state index contributed by atoms with van der Waals surface area (Å²) in [7, 11) is 3.73. The van der Waals surface area contributed by atoms with Crippen molar-refractivity contribution in [2.45, 2.75) is 33.1 Å². The lowest BCUT2D eigenvalue weighted by Gasteiger charge is -2.36. The van der Waals surface area contributed by atoms with Crippen molar-refractivity contribution in [1.82, 2.24) is 19.7 Å². The second-order valence-corrected chi connectivity index (χ2v) is 11.5. The van der Waals surface area contributed by atoms with E-state index in [0.717, 1.165) is 56.6 Å². The number of anilines is 2. The van der Waals surface area contributed by atoms with E-state index < -0.39 is 24.1 Å². The quantitative estimate of drug-likeness (QED) is 0.291. The zero-order chi connectivity index (χ0) is 31.9. The molecule has 1 fully saturated rings. The van der Waals surface area contributed by atoms with Crippen LogP contribution in [0.1, 0.15) is 41.8 Å². The van der Waals surface area contributed by atoms with Gasteiger partial charge in [0.25, 0.3) is 5.91 Å². The molecule has 0 unspecified atom stereocenters. The molecule has 2 aliphatic rings. The van der Waals surface area contributed by atoms with E-state index in [1.807, 2.05) is 32.1 Å². The number of aromatic nitrogens is 1. The molecule has 44 heavy (non-hydrogen) atoms. The standard InChI is InChI=1S/C31H40F3N9O/c1-21(2)18-42-12-14-43(15-13-42)30-36-11-9-25(39-30)28(37-20-41(4)5)38-26-16-23(7-6-22(26)3)29(44)40-27-17-24(8-10-35-27)31(33,34)19-32/h6-8,10-11,16-17,20-21,38H,9,12-15,18-19H2,1-5H3,(H,35,40,44)/b28-25-,37-20?. The molecular formula is C31H40F3N9O. The van der Waals surface area contributed by atoms with Gasteiger partial charge in [-0.25, -0.2) is 24.4 Å². The molecule has 2 aromatic rings. The second-order valence-electron chi connectivity index (χ2n) is 11.5. The van der Waals surface area contributed by atoms with Gasteiger partial charge in [-0.3, -0.25) is 9.69 Å². The third-order valence-electron chi connectivity index (χ3n) is 7.04. The number of benzene rings is 1. The van der Waals surface area contributed by atoms with E-state index in [9.17, 15) is 18.0 Å². The van der Waals surface area contributed by atoms with Gasteiger partial charge in [0.05, 0.1) is 12.0 Å². The summed E-state index contributed by atoms with van der Waals surface area (Å²) >= 11 is 0. The average molecular weight is 612 g/mol.